The van der Waals surface area contributed by atoms with E-state index in [1.807, 2.05) is 18.7 Å². The van der Waals surface area contributed by atoms with Gasteiger partial charge in [-0.25, -0.2) is 4.79 Å². The summed E-state index contributed by atoms with van der Waals surface area (Å²) in [7, 11) is 0. The van der Waals surface area contributed by atoms with E-state index in [-0.39, 0.29) is 24.0 Å². The highest BCUT2D eigenvalue weighted by Gasteiger charge is 2.33. The van der Waals surface area contributed by atoms with E-state index < -0.39 is 0 Å². The van der Waals surface area contributed by atoms with Crippen molar-refractivity contribution in [1.82, 2.24) is 20.4 Å². The summed E-state index contributed by atoms with van der Waals surface area (Å²) in [5.41, 5.74) is -0.00617. The van der Waals surface area contributed by atoms with Crippen molar-refractivity contribution in [2.24, 2.45) is 5.41 Å². The molecule has 2 N–H and O–H groups in total. The number of urea groups is 1. The fourth-order valence-corrected chi connectivity index (χ4v) is 2.80. The van der Waals surface area contributed by atoms with Crippen molar-refractivity contribution >= 4 is 6.03 Å². The Bertz CT molecular complexity index is 501. The van der Waals surface area contributed by atoms with Crippen LogP contribution in [-0.2, 0) is 6.42 Å². The number of carbonyl (C=O) groups is 1. The minimum absolute atomic E-state index is 0.00617. The summed E-state index contributed by atoms with van der Waals surface area (Å²) < 4.78 is 5.16. The predicted molar refractivity (Wildman–Crippen MR) is 86.1 cm³/mol. The van der Waals surface area contributed by atoms with Crippen LogP contribution in [0.2, 0.25) is 0 Å². The first kappa shape index (κ1) is 17.7. The molecule has 1 aromatic rings. The van der Waals surface area contributed by atoms with E-state index in [1.54, 1.807) is 0 Å². The fourth-order valence-electron chi connectivity index (χ4n) is 2.80. The van der Waals surface area contributed by atoms with Gasteiger partial charge in [-0.1, -0.05) is 25.9 Å². The van der Waals surface area contributed by atoms with Crippen LogP contribution < -0.4 is 5.32 Å². The molecule has 0 saturated carbocycles. The van der Waals surface area contributed by atoms with Crippen LogP contribution in [0.4, 0.5) is 4.79 Å². The first-order chi connectivity index (χ1) is 11.0. The Morgan fingerprint density at radius 1 is 1.43 bits per heavy atom. The Morgan fingerprint density at radius 2 is 2.13 bits per heavy atom. The van der Waals surface area contributed by atoms with E-state index in [0.717, 1.165) is 19.3 Å². The minimum Gasteiger partial charge on any atom is -0.396 e. The number of carbonyl (C=O) groups excluding carboxylic acids is 1. The lowest BCUT2D eigenvalue weighted by Crippen LogP contribution is -2.48. The third-order valence-corrected chi connectivity index (χ3v) is 4.81. The van der Waals surface area contributed by atoms with Gasteiger partial charge in [0.05, 0.1) is 0 Å². The van der Waals surface area contributed by atoms with Gasteiger partial charge in [0, 0.05) is 38.6 Å². The number of rotatable bonds is 6. The largest absolute Gasteiger partial charge is 0.396 e. The summed E-state index contributed by atoms with van der Waals surface area (Å²) in [4.78, 5) is 18.3. The molecule has 1 aliphatic heterocycles. The van der Waals surface area contributed by atoms with E-state index in [2.05, 4.69) is 22.4 Å². The molecule has 0 bridgehead atoms. The van der Waals surface area contributed by atoms with Crippen LogP contribution in [0.1, 0.15) is 57.7 Å². The van der Waals surface area contributed by atoms with E-state index >= 15 is 0 Å². The number of hydrogen-bond acceptors (Lipinski definition) is 5. The number of aliphatic hydroxyl groups excluding tert-OH is 1. The first-order valence-electron chi connectivity index (χ1n) is 8.46. The van der Waals surface area contributed by atoms with E-state index in [9.17, 15) is 9.90 Å². The van der Waals surface area contributed by atoms with Crippen molar-refractivity contribution in [2.45, 2.75) is 52.4 Å². The van der Waals surface area contributed by atoms with Crippen molar-refractivity contribution in [3.8, 4) is 0 Å². The zero-order valence-electron chi connectivity index (χ0n) is 14.3. The summed E-state index contributed by atoms with van der Waals surface area (Å²) in [5, 5.41) is 16.3. The number of likely N-dealkylation sites (tertiary alicyclic amines) is 1. The lowest BCUT2D eigenvalue weighted by atomic mass is 9.77. The Balaban J connectivity index is 1.73. The Morgan fingerprint density at radius 3 is 2.65 bits per heavy atom. The lowest BCUT2D eigenvalue weighted by Gasteiger charge is -2.40. The van der Waals surface area contributed by atoms with Gasteiger partial charge < -0.3 is 19.8 Å². The van der Waals surface area contributed by atoms with Gasteiger partial charge in [-0.2, -0.15) is 4.98 Å². The number of piperidine rings is 1. The molecule has 0 aromatic carbocycles. The zero-order chi connectivity index (χ0) is 16.9. The molecule has 0 spiro atoms. The third kappa shape index (κ3) is 4.43. The van der Waals surface area contributed by atoms with Crippen LogP contribution in [0.5, 0.6) is 0 Å². The third-order valence-electron chi connectivity index (χ3n) is 4.81. The normalized spacial score (nSPS) is 17.5. The van der Waals surface area contributed by atoms with Crippen LogP contribution in [0.15, 0.2) is 4.52 Å². The van der Waals surface area contributed by atoms with Gasteiger partial charge in [0.1, 0.15) is 0 Å². The van der Waals surface area contributed by atoms with Crippen molar-refractivity contribution < 1.29 is 14.4 Å². The Kier molecular flexibility index (Phi) is 5.98. The molecule has 2 rings (SSSR count). The van der Waals surface area contributed by atoms with Crippen molar-refractivity contribution in [3.63, 3.8) is 0 Å². The molecule has 0 radical (unpaired) electrons. The van der Waals surface area contributed by atoms with Gasteiger partial charge in [-0.15, -0.1) is 0 Å². The molecule has 1 fully saturated rings. The monoisotopic (exact) mass is 324 g/mol. The molecule has 1 saturated heterocycles. The second kappa shape index (κ2) is 7.77. The molecule has 23 heavy (non-hydrogen) atoms. The molecule has 0 unspecified atom stereocenters. The van der Waals surface area contributed by atoms with E-state index in [0.29, 0.717) is 37.8 Å². The number of aliphatic hydroxyl groups is 1. The second-order valence-electron chi connectivity index (χ2n) is 6.68. The molecule has 0 aliphatic carbocycles. The molecule has 130 valence electrons. The van der Waals surface area contributed by atoms with Crippen LogP contribution >= 0.6 is 0 Å². The van der Waals surface area contributed by atoms with Gasteiger partial charge in [0.2, 0.25) is 5.89 Å². The van der Waals surface area contributed by atoms with Gasteiger partial charge in [-0.05, 0) is 24.7 Å². The van der Waals surface area contributed by atoms with Gasteiger partial charge in [0.25, 0.3) is 0 Å². The molecular formula is C16H28N4O3. The van der Waals surface area contributed by atoms with Crippen LogP contribution in [0.25, 0.3) is 0 Å². The molecule has 2 amide bonds. The molecule has 0 atom stereocenters. The molecule has 2 heterocycles. The second-order valence-corrected chi connectivity index (χ2v) is 6.68. The number of amides is 2. The first-order valence-corrected chi connectivity index (χ1v) is 8.46. The summed E-state index contributed by atoms with van der Waals surface area (Å²) in [6.07, 6.45) is 3.20. The molecule has 7 nitrogen and oxygen atoms in total. The zero-order valence-corrected chi connectivity index (χ0v) is 14.3. The lowest BCUT2D eigenvalue weighted by molar-refractivity contribution is 0.0520. The fraction of sp³-hybridized carbons (Fsp3) is 0.812. The highest BCUT2D eigenvalue weighted by molar-refractivity contribution is 5.74. The van der Waals surface area contributed by atoms with Crippen LogP contribution in [0.3, 0.4) is 0 Å². The van der Waals surface area contributed by atoms with Gasteiger partial charge >= 0.3 is 6.03 Å². The summed E-state index contributed by atoms with van der Waals surface area (Å²) in [6.45, 7) is 8.19. The van der Waals surface area contributed by atoms with Gasteiger partial charge in [0.15, 0.2) is 5.82 Å². The van der Waals surface area contributed by atoms with Crippen molar-refractivity contribution in [3.05, 3.63) is 11.7 Å². The summed E-state index contributed by atoms with van der Waals surface area (Å²) in [6, 6.07) is -0.0590. The summed E-state index contributed by atoms with van der Waals surface area (Å²) >= 11 is 0. The average molecular weight is 324 g/mol. The van der Waals surface area contributed by atoms with Gasteiger partial charge in [-0.3, -0.25) is 0 Å². The Labute approximate surface area is 137 Å². The molecule has 1 aliphatic rings. The number of hydrogen-bond donors (Lipinski definition) is 2. The Hall–Kier alpha value is -1.63. The topological polar surface area (TPSA) is 91.5 Å². The molecule has 1 aromatic heterocycles. The predicted octanol–water partition coefficient (Wildman–Crippen LogP) is 1.93. The standard InChI is InChI=1S/C16H28N4O3/c1-4-16(11-21)6-9-20(10-7-16)15(22)17-8-5-13-18-14(12(2)3)19-23-13/h12,21H,4-11H2,1-3H3,(H,17,22). The summed E-state index contributed by atoms with van der Waals surface area (Å²) in [5.74, 6) is 1.49. The highest BCUT2D eigenvalue weighted by Crippen LogP contribution is 2.34. The van der Waals surface area contributed by atoms with E-state index in [1.165, 1.54) is 0 Å². The number of aromatic nitrogens is 2. The molecule has 7 heteroatoms. The quantitative estimate of drug-likeness (QED) is 0.834. The minimum atomic E-state index is -0.0590. The van der Waals surface area contributed by atoms with E-state index in [4.69, 9.17) is 4.52 Å². The van der Waals surface area contributed by atoms with Crippen LogP contribution in [-0.4, -0.2) is 52.4 Å². The number of nitrogens with one attached hydrogen (secondary N) is 1. The van der Waals surface area contributed by atoms with Crippen molar-refractivity contribution in [1.29, 1.82) is 0 Å². The maximum absolute atomic E-state index is 12.2. The average Bonchev–Trinajstić information content (AvgIpc) is 3.04. The number of nitrogens with zero attached hydrogens (tertiary/aromatic N) is 3. The SMILES string of the molecule is CCC1(CO)CCN(C(=O)NCCc2nc(C(C)C)no2)CC1. The maximum atomic E-state index is 12.2. The van der Waals surface area contributed by atoms with Crippen LogP contribution in [0, 0.1) is 5.41 Å². The maximum Gasteiger partial charge on any atom is 0.317 e. The van der Waals surface area contributed by atoms with Crippen molar-refractivity contribution in [2.75, 3.05) is 26.2 Å². The molecular weight excluding hydrogens is 296 g/mol. The smallest absolute Gasteiger partial charge is 0.317 e. The highest BCUT2D eigenvalue weighted by atomic mass is 16.5.